The summed E-state index contributed by atoms with van der Waals surface area (Å²) in [6.07, 6.45) is 1.30. The van der Waals surface area contributed by atoms with Crippen molar-refractivity contribution in [2.24, 2.45) is 5.73 Å². The van der Waals surface area contributed by atoms with Crippen LogP contribution in [0.25, 0.3) is 11.1 Å². The Morgan fingerprint density at radius 1 is 0.857 bits per heavy atom. The minimum Gasteiger partial charge on any atom is -0.394 e. The molecule has 0 spiro atoms. The van der Waals surface area contributed by atoms with Gasteiger partial charge in [0.05, 0.1) is 18.8 Å². The number of hydrogen-bond acceptors (Lipinski definition) is 3. The Balaban J connectivity index is 2.04. The van der Waals surface area contributed by atoms with Crippen LogP contribution in [0, 0.1) is 6.92 Å². The lowest BCUT2D eigenvalue weighted by atomic mass is 9.93. The Kier molecular flexibility index (Phi) is 5.12. The fourth-order valence-corrected chi connectivity index (χ4v) is 2.21. The zero-order valence-corrected chi connectivity index (χ0v) is 12.4. The van der Waals surface area contributed by atoms with Gasteiger partial charge < -0.3 is 15.9 Å². The first-order chi connectivity index (χ1) is 10.1. The lowest BCUT2D eigenvalue weighted by Gasteiger charge is -2.24. The molecule has 0 aliphatic rings. The second kappa shape index (κ2) is 6.85. The number of aliphatic hydroxyl groups excluding tert-OH is 2. The fourth-order valence-electron chi connectivity index (χ4n) is 2.21. The summed E-state index contributed by atoms with van der Waals surface area (Å²) in [5.41, 5.74) is 9.78. The molecule has 2 aromatic rings. The molecule has 4 N–H and O–H groups in total. The monoisotopic (exact) mass is 285 g/mol. The fraction of sp³-hybridized carbons (Fsp3) is 0.333. The van der Waals surface area contributed by atoms with Gasteiger partial charge in [-0.3, -0.25) is 0 Å². The molecule has 0 fully saturated rings. The molecule has 0 atom stereocenters. The summed E-state index contributed by atoms with van der Waals surface area (Å²) in [6, 6.07) is 16.8. The highest BCUT2D eigenvalue weighted by atomic mass is 16.3. The largest absolute Gasteiger partial charge is 0.394 e. The first-order valence-corrected chi connectivity index (χ1v) is 7.23. The average Bonchev–Trinajstić information content (AvgIpc) is 2.54. The molecule has 0 unspecified atom stereocenters. The van der Waals surface area contributed by atoms with Crippen molar-refractivity contribution in [2.75, 3.05) is 13.2 Å². The molecule has 21 heavy (non-hydrogen) atoms. The van der Waals surface area contributed by atoms with Gasteiger partial charge in [-0.25, -0.2) is 0 Å². The highest BCUT2D eigenvalue weighted by Gasteiger charge is 2.22. The average molecular weight is 285 g/mol. The maximum atomic E-state index is 9.19. The molecule has 0 aromatic heterocycles. The minimum absolute atomic E-state index is 0.203. The van der Waals surface area contributed by atoms with E-state index in [1.165, 1.54) is 16.7 Å². The summed E-state index contributed by atoms with van der Waals surface area (Å²) in [5.74, 6) is 0. The van der Waals surface area contributed by atoms with Crippen molar-refractivity contribution in [2.45, 2.75) is 25.3 Å². The van der Waals surface area contributed by atoms with Crippen LogP contribution in [0.15, 0.2) is 48.5 Å². The maximum absolute atomic E-state index is 9.19. The van der Waals surface area contributed by atoms with Gasteiger partial charge >= 0.3 is 0 Å². The standard InChI is InChI=1S/C18H23NO2/c1-14-2-6-16(7-3-14)17-8-4-15(5-9-17)10-11-18(19,12-20)13-21/h2-9,20-21H,10-13,19H2,1H3. The molecule has 0 aliphatic heterocycles. The number of aryl methyl sites for hydroxylation is 2. The Hall–Kier alpha value is -1.68. The van der Waals surface area contributed by atoms with Crippen LogP contribution in [0.1, 0.15) is 17.5 Å². The molecular weight excluding hydrogens is 262 g/mol. The van der Waals surface area contributed by atoms with Crippen LogP contribution in [0.2, 0.25) is 0 Å². The van der Waals surface area contributed by atoms with Gasteiger partial charge in [0.25, 0.3) is 0 Å². The Bertz CT molecular complexity index is 557. The topological polar surface area (TPSA) is 66.5 Å². The number of hydrogen-bond donors (Lipinski definition) is 3. The Labute approximate surface area is 126 Å². The van der Waals surface area contributed by atoms with Crippen molar-refractivity contribution in [1.82, 2.24) is 0 Å². The molecule has 112 valence electrons. The van der Waals surface area contributed by atoms with Crippen LogP contribution >= 0.6 is 0 Å². The molecule has 0 radical (unpaired) electrons. The van der Waals surface area contributed by atoms with Crippen LogP contribution in [0.3, 0.4) is 0 Å². The third kappa shape index (κ3) is 4.14. The van der Waals surface area contributed by atoms with Gasteiger partial charge in [-0.1, -0.05) is 54.1 Å². The van der Waals surface area contributed by atoms with Crippen LogP contribution < -0.4 is 5.73 Å². The van der Waals surface area contributed by atoms with E-state index >= 15 is 0 Å². The van der Waals surface area contributed by atoms with E-state index in [-0.39, 0.29) is 13.2 Å². The van der Waals surface area contributed by atoms with Crippen molar-refractivity contribution in [1.29, 1.82) is 0 Å². The third-order valence-electron chi connectivity index (χ3n) is 3.88. The van der Waals surface area contributed by atoms with Gasteiger partial charge in [-0.2, -0.15) is 0 Å². The molecule has 0 saturated heterocycles. The van der Waals surface area contributed by atoms with E-state index in [2.05, 4.69) is 55.5 Å². The summed E-state index contributed by atoms with van der Waals surface area (Å²) in [5, 5.41) is 18.4. The van der Waals surface area contributed by atoms with Crippen molar-refractivity contribution in [3.63, 3.8) is 0 Å². The van der Waals surface area contributed by atoms with E-state index in [9.17, 15) is 10.2 Å². The summed E-state index contributed by atoms with van der Waals surface area (Å²) in [6.45, 7) is 1.67. The van der Waals surface area contributed by atoms with E-state index in [4.69, 9.17) is 5.73 Å². The summed E-state index contributed by atoms with van der Waals surface area (Å²) in [4.78, 5) is 0. The summed E-state index contributed by atoms with van der Waals surface area (Å²) >= 11 is 0. The maximum Gasteiger partial charge on any atom is 0.0633 e. The summed E-state index contributed by atoms with van der Waals surface area (Å²) < 4.78 is 0. The minimum atomic E-state index is -0.893. The van der Waals surface area contributed by atoms with Gasteiger partial charge in [0.1, 0.15) is 0 Å². The number of nitrogens with two attached hydrogens (primary N) is 1. The van der Waals surface area contributed by atoms with Crippen molar-refractivity contribution >= 4 is 0 Å². The molecule has 0 aliphatic carbocycles. The second-order valence-corrected chi connectivity index (χ2v) is 5.74. The van der Waals surface area contributed by atoms with E-state index in [0.717, 1.165) is 12.0 Å². The van der Waals surface area contributed by atoms with Gasteiger partial charge in [0, 0.05) is 0 Å². The molecule has 0 saturated carbocycles. The van der Waals surface area contributed by atoms with Crippen LogP contribution in [0.5, 0.6) is 0 Å². The molecule has 0 heterocycles. The number of aliphatic hydroxyl groups is 2. The lowest BCUT2D eigenvalue weighted by molar-refractivity contribution is 0.115. The quantitative estimate of drug-likeness (QED) is 0.763. The van der Waals surface area contributed by atoms with Gasteiger partial charge in [-0.05, 0) is 36.5 Å². The first kappa shape index (κ1) is 15.7. The first-order valence-electron chi connectivity index (χ1n) is 7.23. The van der Waals surface area contributed by atoms with E-state index in [1.807, 2.05) is 0 Å². The molecule has 3 heteroatoms. The Morgan fingerprint density at radius 3 is 1.81 bits per heavy atom. The Morgan fingerprint density at radius 2 is 1.33 bits per heavy atom. The lowest BCUT2D eigenvalue weighted by Crippen LogP contribution is -2.47. The molecule has 2 rings (SSSR count). The predicted octanol–water partition coefficient (Wildman–Crippen LogP) is 2.28. The molecule has 3 nitrogen and oxygen atoms in total. The zero-order valence-electron chi connectivity index (χ0n) is 12.4. The van der Waals surface area contributed by atoms with E-state index in [1.54, 1.807) is 0 Å². The highest BCUT2D eigenvalue weighted by molar-refractivity contribution is 5.63. The van der Waals surface area contributed by atoms with Gasteiger partial charge in [-0.15, -0.1) is 0 Å². The van der Waals surface area contributed by atoms with Crippen molar-refractivity contribution < 1.29 is 10.2 Å². The van der Waals surface area contributed by atoms with E-state index < -0.39 is 5.54 Å². The zero-order chi connectivity index (χ0) is 15.3. The second-order valence-electron chi connectivity index (χ2n) is 5.74. The number of benzene rings is 2. The SMILES string of the molecule is Cc1ccc(-c2ccc(CCC(N)(CO)CO)cc2)cc1. The molecule has 2 aromatic carbocycles. The van der Waals surface area contributed by atoms with Crippen molar-refractivity contribution in [3.05, 3.63) is 59.7 Å². The molecule has 0 amide bonds. The van der Waals surface area contributed by atoms with Gasteiger partial charge in [0.15, 0.2) is 0 Å². The third-order valence-corrected chi connectivity index (χ3v) is 3.88. The van der Waals surface area contributed by atoms with Crippen LogP contribution in [0.4, 0.5) is 0 Å². The summed E-state index contributed by atoms with van der Waals surface area (Å²) in [7, 11) is 0. The smallest absolute Gasteiger partial charge is 0.0633 e. The van der Waals surface area contributed by atoms with Crippen molar-refractivity contribution in [3.8, 4) is 11.1 Å². The predicted molar refractivity (Wildman–Crippen MR) is 86.0 cm³/mol. The van der Waals surface area contributed by atoms with Crippen LogP contribution in [-0.4, -0.2) is 29.0 Å². The van der Waals surface area contributed by atoms with Gasteiger partial charge in [0.2, 0.25) is 0 Å². The molecular formula is C18H23NO2. The number of rotatable bonds is 6. The normalized spacial score (nSPS) is 11.6. The van der Waals surface area contributed by atoms with Crippen LogP contribution in [-0.2, 0) is 6.42 Å². The molecule has 0 bridgehead atoms. The van der Waals surface area contributed by atoms with E-state index in [0.29, 0.717) is 6.42 Å². The highest BCUT2D eigenvalue weighted by Crippen LogP contribution is 2.21.